The minimum absolute atomic E-state index is 0.0552. The minimum atomic E-state index is -0.480. The molecule has 33 heavy (non-hydrogen) atoms. The van der Waals surface area contributed by atoms with Crippen molar-refractivity contribution in [2.45, 2.75) is 19.3 Å². The summed E-state index contributed by atoms with van der Waals surface area (Å²) < 4.78 is 11.9. The molecule has 0 saturated carbocycles. The first-order valence-corrected chi connectivity index (χ1v) is 10.6. The van der Waals surface area contributed by atoms with Crippen LogP contribution >= 0.6 is 0 Å². The first-order valence-electron chi connectivity index (χ1n) is 10.6. The molecule has 4 aromatic rings. The zero-order chi connectivity index (χ0) is 23.4. The maximum atomic E-state index is 13.4. The number of nitrogen functional groups attached to an aromatic ring is 2. The van der Waals surface area contributed by atoms with Crippen molar-refractivity contribution in [2.75, 3.05) is 18.1 Å². The van der Waals surface area contributed by atoms with Crippen molar-refractivity contribution >= 4 is 34.0 Å². The number of rotatable bonds is 9. The molecule has 0 fully saturated rings. The van der Waals surface area contributed by atoms with Gasteiger partial charge in [0.05, 0.1) is 12.2 Å². The van der Waals surface area contributed by atoms with E-state index in [0.717, 1.165) is 6.42 Å². The molecule has 0 spiro atoms. The predicted molar refractivity (Wildman–Crippen MR) is 128 cm³/mol. The molecule has 0 saturated heterocycles. The number of fused-ring (bicyclic) bond motifs is 1. The lowest BCUT2D eigenvalue weighted by molar-refractivity contribution is -0.118. The van der Waals surface area contributed by atoms with E-state index in [2.05, 4.69) is 0 Å². The molecule has 0 radical (unpaired) electrons. The van der Waals surface area contributed by atoms with E-state index in [9.17, 15) is 9.59 Å². The van der Waals surface area contributed by atoms with Crippen molar-refractivity contribution in [1.82, 2.24) is 0 Å². The van der Waals surface area contributed by atoms with E-state index >= 15 is 0 Å². The lowest BCUT2D eigenvalue weighted by atomic mass is 9.97. The third-order valence-corrected chi connectivity index (χ3v) is 5.30. The minimum Gasteiger partial charge on any atom is -0.493 e. The fraction of sp³-hybridized carbons (Fsp3) is 0.154. The van der Waals surface area contributed by atoms with Crippen LogP contribution in [0.1, 0.15) is 33.7 Å². The van der Waals surface area contributed by atoms with Crippen LogP contribution in [0.25, 0.3) is 11.0 Å². The van der Waals surface area contributed by atoms with E-state index in [0.29, 0.717) is 51.6 Å². The number of nitrogens with two attached hydrogens (primary N) is 3. The number of hydrogen-bond donors (Lipinski definition) is 3. The quantitative estimate of drug-likeness (QED) is 0.265. The summed E-state index contributed by atoms with van der Waals surface area (Å²) in [5.41, 5.74) is 20.2. The molecule has 0 unspecified atom stereocenters. The van der Waals surface area contributed by atoms with Crippen molar-refractivity contribution in [3.8, 4) is 5.75 Å². The Morgan fingerprint density at radius 1 is 0.879 bits per heavy atom. The Labute approximate surface area is 191 Å². The number of hydrogen-bond acceptors (Lipinski definition) is 6. The SMILES string of the molecule is NC(=O)CCc1oc2cc(OCCc3ccccc3)ccc2c1C(=O)c1cc(N)cc(N)c1. The Balaban J connectivity index is 1.64. The summed E-state index contributed by atoms with van der Waals surface area (Å²) in [7, 11) is 0. The van der Waals surface area contributed by atoms with Gasteiger partial charge in [-0.25, -0.2) is 0 Å². The number of primary amides is 1. The van der Waals surface area contributed by atoms with Gasteiger partial charge in [0.2, 0.25) is 5.91 Å². The van der Waals surface area contributed by atoms with Crippen LogP contribution in [-0.2, 0) is 17.6 Å². The second kappa shape index (κ2) is 9.48. The summed E-state index contributed by atoms with van der Waals surface area (Å²) in [6, 6.07) is 20.1. The van der Waals surface area contributed by atoms with Crippen molar-refractivity contribution in [2.24, 2.45) is 5.73 Å². The van der Waals surface area contributed by atoms with Gasteiger partial charge in [-0.05, 0) is 35.9 Å². The van der Waals surface area contributed by atoms with Gasteiger partial charge in [0.15, 0.2) is 5.78 Å². The van der Waals surface area contributed by atoms with Crippen molar-refractivity contribution in [3.63, 3.8) is 0 Å². The van der Waals surface area contributed by atoms with Crippen molar-refractivity contribution in [1.29, 1.82) is 0 Å². The fourth-order valence-corrected chi connectivity index (χ4v) is 3.76. The lowest BCUT2D eigenvalue weighted by Crippen LogP contribution is -2.12. The Morgan fingerprint density at radius 3 is 2.30 bits per heavy atom. The Hall–Kier alpha value is -4.26. The van der Waals surface area contributed by atoms with Gasteiger partial charge < -0.3 is 26.4 Å². The van der Waals surface area contributed by atoms with Gasteiger partial charge in [-0.15, -0.1) is 0 Å². The number of ketones is 1. The summed E-state index contributed by atoms with van der Waals surface area (Å²) in [6.07, 6.45) is 1.02. The van der Waals surface area contributed by atoms with E-state index in [1.165, 1.54) is 5.56 Å². The molecular formula is C26H25N3O4. The maximum Gasteiger partial charge on any atom is 0.217 e. The topological polar surface area (TPSA) is 135 Å². The highest BCUT2D eigenvalue weighted by Gasteiger charge is 2.23. The van der Waals surface area contributed by atoms with Crippen LogP contribution in [0.2, 0.25) is 0 Å². The summed E-state index contributed by atoms with van der Waals surface area (Å²) in [6.45, 7) is 0.499. The molecule has 4 rings (SSSR count). The normalized spacial score (nSPS) is 10.9. The molecule has 3 aromatic carbocycles. The van der Waals surface area contributed by atoms with E-state index in [1.807, 2.05) is 30.3 Å². The molecule has 0 aliphatic rings. The molecule has 0 aliphatic heterocycles. The number of aryl methyl sites for hydroxylation is 1. The number of ether oxygens (including phenoxy) is 1. The van der Waals surface area contributed by atoms with E-state index < -0.39 is 5.91 Å². The van der Waals surface area contributed by atoms with Crippen molar-refractivity contribution < 1.29 is 18.7 Å². The van der Waals surface area contributed by atoms with Gasteiger partial charge in [0.1, 0.15) is 17.1 Å². The first-order chi connectivity index (χ1) is 15.9. The summed E-state index contributed by atoms with van der Waals surface area (Å²) in [5.74, 6) is 0.244. The predicted octanol–water partition coefficient (Wildman–Crippen LogP) is 3.87. The monoisotopic (exact) mass is 443 g/mol. The highest BCUT2D eigenvalue weighted by Crippen LogP contribution is 2.32. The van der Waals surface area contributed by atoms with Crippen LogP contribution in [0.5, 0.6) is 5.75 Å². The van der Waals surface area contributed by atoms with Crippen LogP contribution in [0.4, 0.5) is 11.4 Å². The van der Waals surface area contributed by atoms with Gasteiger partial charge >= 0.3 is 0 Å². The molecule has 7 nitrogen and oxygen atoms in total. The molecule has 0 bridgehead atoms. The van der Waals surface area contributed by atoms with E-state index in [-0.39, 0.29) is 18.6 Å². The van der Waals surface area contributed by atoms with Gasteiger partial charge in [-0.1, -0.05) is 30.3 Å². The Kier molecular flexibility index (Phi) is 6.31. The van der Waals surface area contributed by atoms with Gasteiger partial charge in [0.25, 0.3) is 0 Å². The van der Waals surface area contributed by atoms with Gasteiger partial charge in [-0.2, -0.15) is 0 Å². The third kappa shape index (κ3) is 5.15. The highest BCUT2D eigenvalue weighted by atomic mass is 16.5. The zero-order valence-corrected chi connectivity index (χ0v) is 18.0. The van der Waals surface area contributed by atoms with Crippen LogP contribution in [-0.4, -0.2) is 18.3 Å². The molecule has 0 aliphatic carbocycles. The number of furan rings is 1. The smallest absolute Gasteiger partial charge is 0.217 e. The molecule has 1 heterocycles. The number of amides is 1. The van der Waals surface area contributed by atoms with Crippen LogP contribution < -0.4 is 21.9 Å². The molecule has 0 atom stereocenters. The van der Waals surface area contributed by atoms with Crippen LogP contribution in [0, 0.1) is 0 Å². The largest absolute Gasteiger partial charge is 0.493 e. The molecule has 1 amide bonds. The van der Waals surface area contributed by atoms with Crippen LogP contribution in [0.3, 0.4) is 0 Å². The second-order valence-electron chi connectivity index (χ2n) is 7.83. The Morgan fingerprint density at radius 2 is 1.61 bits per heavy atom. The molecular weight excluding hydrogens is 418 g/mol. The van der Waals surface area contributed by atoms with E-state index in [1.54, 1.807) is 36.4 Å². The number of anilines is 2. The summed E-state index contributed by atoms with van der Waals surface area (Å²) in [4.78, 5) is 24.7. The fourth-order valence-electron chi connectivity index (χ4n) is 3.76. The van der Waals surface area contributed by atoms with Crippen LogP contribution in [0.15, 0.2) is 71.1 Å². The number of carbonyl (C=O) groups excluding carboxylic acids is 2. The lowest BCUT2D eigenvalue weighted by Gasteiger charge is -2.07. The first kappa shape index (κ1) is 22.0. The standard InChI is InChI=1S/C26H25N3O4/c27-18-12-17(13-19(28)14-18)26(31)25-21-7-6-20(32-11-10-16-4-2-1-3-5-16)15-23(21)33-22(25)8-9-24(29)30/h1-7,12-15H,8-11,27-28H2,(H2,29,30). The van der Waals surface area contributed by atoms with Crippen molar-refractivity contribution in [3.05, 3.63) is 89.2 Å². The number of carbonyl (C=O) groups is 2. The van der Waals surface area contributed by atoms with E-state index in [4.69, 9.17) is 26.4 Å². The second-order valence-corrected chi connectivity index (χ2v) is 7.83. The highest BCUT2D eigenvalue weighted by molar-refractivity contribution is 6.17. The molecule has 7 heteroatoms. The summed E-state index contributed by atoms with van der Waals surface area (Å²) >= 11 is 0. The average Bonchev–Trinajstić information content (AvgIpc) is 3.15. The molecule has 168 valence electrons. The van der Waals surface area contributed by atoms with Gasteiger partial charge in [-0.3, -0.25) is 9.59 Å². The van der Waals surface area contributed by atoms with Gasteiger partial charge in [0, 0.05) is 47.7 Å². The molecule has 1 aromatic heterocycles. The third-order valence-electron chi connectivity index (χ3n) is 5.30. The number of benzene rings is 3. The summed E-state index contributed by atoms with van der Waals surface area (Å²) in [5, 5.41) is 0.621. The Bertz CT molecular complexity index is 1290. The maximum absolute atomic E-state index is 13.4. The average molecular weight is 444 g/mol. The molecule has 6 N–H and O–H groups in total. The zero-order valence-electron chi connectivity index (χ0n) is 18.0.